The van der Waals surface area contributed by atoms with E-state index in [-0.39, 0.29) is 69.0 Å². The van der Waals surface area contributed by atoms with Crippen molar-refractivity contribution in [3.8, 4) is 0 Å². The van der Waals surface area contributed by atoms with Crippen molar-refractivity contribution in [3.63, 3.8) is 0 Å². The molecule has 0 aromatic rings. The van der Waals surface area contributed by atoms with Crippen LogP contribution in [0.5, 0.6) is 0 Å². The fourth-order valence-corrected chi connectivity index (χ4v) is 11.8. The van der Waals surface area contributed by atoms with Gasteiger partial charge in [0.1, 0.15) is 66.5 Å². The number of likely N-dealkylation sites (N-methyl/N-ethyl adjacent to an activating group) is 7. The lowest BCUT2D eigenvalue weighted by atomic mass is 9.91. The van der Waals surface area contributed by atoms with E-state index in [0.717, 1.165) is 9.80 Å². The normalized spacial score (nSPS) is 26.3. The molecular formula is C69H126N12O13. The summed E-state index contributed by atoms with van der Waals surface area (Å²) in [6, 6.07) is -14.0. The molecule has 1 aliphatic heterocycles. The third-order valence-electron chi connectivity index (χ3n) is 17.9. The molecule has 11 amide bonds. The molecule has 0 aromatic carbocycles. The second-order valence-corrected chi connectivity index (χ2v) is 28.9. The van der Waals surface area contributed by atoms with Gasteiger partial charge in [0, 0.05) is 55.9 Å². The first-order valence-corrected chi connectivity index (χ1v) is 34.1. The van der Waals surface area contributed by atoms with Crippen LogP contribution in [-0.4, -0.2) is 265 Å². The molecule has 1 fully saturated rings. The molecule has 5 N–H and O–H groups in total. The maximum Gasteiger partial charge on any atom is 0.248 e. The Balaban J connectivity index is 4.55. The molecule has 0 radical (unpaired) electrons. The third kappa shape index (κ3) is 25.1. The summed E-state index contributed by atoms with van der Waals surface area (Å²) in [5.41, 5.74) is 0. The summed E-state index contributed by atoms with van der Waals surface area (Å²) in [4.78, 5) is 175. The number of nitrogens with zero attached hydrogens (tertiary/aromatic N) is 8. The lowest BCUT2D eigenvalue weighted by Crippen LogP contribution is -2.64. The molecular weight excluding hydrogens is 1200 g/mol. The van der Waals surface area contributed by atoms with Crippen molar-refractivity contribution in [2.24, 2.45) is 41.4 Å². The SMILES string of the molecule is C/C=C/C[C@@H](C)[C@@H](O)[C@H]1C(=O)N[C@H](CC)C(=O)N(C)[C@H](COCCCN(C)C)C(=O)N(C)[C@@H](CC(C)C)C(=O)N[C@H](C(C)C)C(=O)N(C)[C@H](CC(C)C)C(=O)N[C@H](C)C(=O)N[C@@H](C)C(=O)N(C)[C@@H](CC(C)C)C(=O)N(C)[C@H](CCC(C)C)C(=O)N(C)[C@H](C(C)C)C(=O)N1C. The van der Waals surface area contributed by atoms with Crippen molar-refractivity contribution >= 4 is 65.0 Å². The van der Waals surface area contributed by atoms with E-state index in [1.54, 1.807) is 54.5 Å². The Morgan fingerprint density at radius 2 is 0.936 bits per heavy atom. The Kier molecular flexibility index (Phi) is 36.8. The van der Waals surface area contributed by atoms with Gasteiger partial charge in [-0.1, -0.05) is 109 Å². The standard InChI is InChI=1S/C69H126N12O13/c1-27-29-31-46(15)58(82)57-62(86)72-49(28-2)64(88)79(24)54(39-94-35-30-34-74(18)19)67(91)76(21)52(37-42(7)8)61(85)73-55(44(11)12)68(92)77(22)51(36-41(5)6)60(84)70-47(16)59(83)71-48(17)63(87)78(23)53(38-43(9)10)66(90)75(20)50(33-32-40(3)4)65(89)80(25)56(45(13)14)69(93)81(57)26/h27,29,40-58,82H,28,30-39H2,1-26H3,(H,70,84)(H,71,83)(H,72,86)(H,73,85)/b29-27+/t46-,47-,48+,49-,50-,51-,52+,53+,54-,55-,56-,57+,58-/m1/s1. The molecule has 0 bridgehead atoms. The maximum absolute atomic E-state index is 15.4. The number of aliphatic hydroxyl groups excluding tert-OH is 1. The van der Waals surface area contributed by atoms with Crippen molar-refractivity contribution in [1.29, 1.82) is 0 Å². The molecule has 0 aliphatic carbocycles. The molecule has 25 nitrogen and oxygen atoms in total. The van der Waals surface area contributed by atoms with Crippen molar-refractivity contribution in [2.75, 3.05) is 83.2 Å². The lowest BCUT2D eigenvalue weighted by molar-refractivity contribution is -0.157. The Morgan fingerprint density at radius 3 is 1.41 bits per heavy atom. The zero-order valence-corrected chi connectivity index (χ0v) is 62.3. The van der Waals surface area contributed by atoms with Crippen LogP contribution in [0.25, 0.3) is 0 Å². The van der Waals surface area contributed by atoms with Crippen LogP contribution < -0.4 is 21.3 Å². The Morgan fingerprint density at radius 1 is 0.489 bits per heavy atom. The largest absolute Gasteiger partial charge is 0.390 e. The number of hydrogen-bond acceptors (Lipinski definition) is 14. The molecule has 0 unspecified atom stereocenters. The van der Waals surface area contributed by atoms with Crippen LogP contribution in [0.2, 0.25) is 0 Å². The van der Waals surface area contributed by atoms with Crippen LogP contribution in [0.4, 0.5) is 0 Å². The molecule has 1 heterocycles. The van der Waals surface area contributed by atoms with E-state index in [4.69, 9.17) is 4.74 Å². The molecule has 540 valence electrons. The van der Waals surface area contributed by atoms with Crippen molar-refractivity contribution in [1.82, 2.24) is 60.5 Å². The summed E-state index contributed by atoms with van der Waals surface area (Å²) in [6.07, 6.45) is 3.95. The number of carbonyl (C=O) groups is 11. The average molecular weight is 1330 g/mol. The van der Waals surface area contributed by atoms with Crippen LogP contribution in [0, 0.1) is 41.4 Å². The zero-order chi connectivity index (χ0) is 72.7. The van der Waals surface area contributed by atoms with Gasteiger partial charge in [-0.2, -0.15) is 0 Å². The number of aliphatic hydroxyl groups is 1. The summed E-state index contributed by atoms with van der Waals surface area (Å²) >= 11 is 0. The molecule has 0 aromatic heterocycles. The van der Waals surface area contributed by atoms with Gasteiger partial charge in [0.05, 0.1) is 12.7 Å². The smallest absolute Gasteiger partial charge is 0.248 e. The van der Waals surface area contributed by atoms with E-state index in [2.05, 4.69) is 21.3 Å². The minimum atomic E-state index is -1.65. The zero-order valence-electron chi connectivity index (χ0n) is 62.3. The van der Waals surface area contributed by atoms with Crippen molar-refractivity contribution in [3.05, 3.63) is 12.2 Å². The van der Waals surface area contributed by atoms with E-state index >= 15 is 28.8 Å². The molecule has 1 rings (SSSR count). The van der Waals surface area contributed by atoms with Crippen LogP contribution in [-0.2, 0) is 57.5 Å². The van der Waals surface area contributed by atoms with Gasteiger partial charge in [-0.25, -0.2) is 0 Å². The number of hydrogen-bond donors (Lipinski definition) is 5. The molecule has 25 heteroatoms. The van der Waals surface area contributed by atoms with E-state index in [9.17, 15) is 29.1 Å². The first-order valence-electron chi connectivity index (χ1n) is 34.1. The van der Waals surface area contributed by atoms with Gasteiger partial charge < -0.3 is 70.3 Å². The fraction of sp³-hybridized carbons (Fsp3) is 0.812. The topological polar surface area (TPSA) is 291 Å². The highest BCUT2D eigenvalue weighted by Crippen LogP contribution is 2.26. The van der Waals surface area contributed by atoms with E-state index in [1.165, 1.54) is 87.7 Å². The third-order valence-corrected chi connectivity index (χ3v) is 17.9. The van der Waals surface area contributed by atoms with Gasteiger partial charge in [0.15, 0.2) is 0 Å². The average Bonchev–Trinajstić information content (AvgIpc) is 0.851. The van der Waals surface area contributed by atoms with Gasteiger partial charge in [-0.15, -0.1) is 0 Å². The summed E-state index contributed by atoms with van der Waals surface area (Å²) in [7, 11) is 13.8. The molecule has 0 saturated carbocycles. The number of nitrogens with one attached hydrogen (secondary N) is 4. The fourth-order valence-electron chi connectivity index (χ4n) is 11.8. The van der Waals surface area contributed by atoms with E-state index in [0.29, 0.717) is 25.8 Å². The highest BCUT2D eigenvalue weighted by molar-refractivity contribution is 6.00. The minimum Gasteiger partial charge on any atom is -0.390 e. The first kappa shape index (κ1) is 85.8. The van der Waals surface area contributed by atoms with Crippen LogP contribution in [0.1, 0.15) is 169 Å². The summed E-state index contributed by atoms with van der Waals surface area (Å²) in [5, 5.41) is 23.4. The lowest BCUT2D eigenvalue weighted by Gasteiger charge is -2.41. The molecule has 13 atom stereocenters. The Labute approximate surface area is 564 Å². The Hall–Kier alpha value is -6.21. The van der Waals surface area contributed by atoms with Crippen molar-refractivity contribution in [2.45, 2.75) is 242 Å². The van der Waals surface area contributed by atoms with Gasteiger partial charge in [0.2, 0.25) is 65.0 Å². The van der Waals surface area contributed by atoms with Gasteiger partial charge in [-0.05, 0) is 134 Å². The summed E-state index contributed by atoms with van der Waals surface area (Å²) in [5.74, 6) is -9.82. The van der Waals surface area contributed by atoms with Gasteiger partial charge >= 0.3 is 0 Å². The minimum absolute atomic E-state index is 0.0218. The second kappa shape index (κ2) is 40.4. The second-order valence-electron chi connectivity index (χ2n) is 28.9. The number of ether oxygens (including phenoxy) is 1. The first-order chi connectivity index (χ1) is 43.5. The molecule has 1 saturated heterocycles. The maximum atomic E-state index is 15.4. The van der Waals surface area contributed by atoms with Gasteiger partial charge in [-0.3, -0.25) is 52.7 Å². The van der Waals surface area contributed by atoms with Crippen LogP contribution >= 0.6 is 0 Å². The van der Waals surface area contributed by atoms with Crippen LogP contribution in [0.3, 0.4) is 0 Å². The number of carbonyl (C=O) groups excluding carboxylic acids is 11. The monoisotopic (exact) mass is 1330 g/mol. The molecule has 94 heavy (non-hydrogen) atoms. The number of allylic oxidation sites excluding steroid dienone is 2. The predicted octanol–water partition coefficient (Wildman–Crippen LogP) is 4.00. The van der Waals surface area contributed by atoms with Crippen molar-refractivity contribution < 1.29 is 62.6 Å². The van der Waals surface area contributed by atoms with Gasteiger partial charge in [0.25, 0.3) is 0 Å². The Bertz CT molecular complexity index is 2530. The predicted molar refractivity (Wildman–Crippen MR) is 366 cm³/mol. The highest BCUT2D eigenvalue weighted by atomic mass is 16.5. The van der Waals surface area contributed by atoms with E-state index in [1.807, 2.05) is 80.5 Å². The summed E-state index contributed by atoms with van der Waals surface area (Å²) < 4.78 is 6.14. The summed E-state index contributed by atoms with van der Waals surface area (Å²) in [6.45, 7) is 30.7. The molecule has 0 spiro atoms. The number of rotatable bonds is 22. The number of amides is 11. The quantitative estimate of drug-likeness (QED) is 0.0757. The molecule has 1 aliphatic rings. The van der Waals surface area contributed by atoms with Crippen LogP contribution in [0.15, 0.2) is 12.2 Å². The van der Waals surface area contributed by atoms with E-state index < -0.39 is 155 Å². The highest BCUT2D eigenvalue weighted by Gasteiger charge is 2.46.